The van der Waals surface area contributed by atoms with Gasteiger partial charge in [0.1, 0.15) is 23.9 Å². The van der Waals surface area contributed by atoms with E-state index in [2.05, 4.69) is 25.8 Å². The van der Waals surface area contributed by atoms with Gasteiger partial charge < -0.3 is 32.2 Å². The Hall–Kier alpha value is -4.88. The fourth-order valence-corrected chi connectivity index (χ4v) is 7.87. The Morgan fingerprint density at radius 2 is 1.59 bits per heavy atom. The highest BCUT2D eigenvalue weighted by atomic mass is 16.5. The number of piperidine rings is 1. The summed E-state index contributed by atoms with van der Waals surface area (Å²) in [6.45, 7) is 10.3. The molecule has 2 heterocycles. The van der Waals surface area contributed by atoms with Crippen LogP contribution in [0.4, 0.5) is 0 Å². The monoisotopic (exact) mass is 769 g/mol. The van der Waals surface area contributed by atoms with Crippen LogP contribution in [-0.2, 0) is 30.3 Å². The zero-order valence-corrected chi connectivity index (χ0v) is 33.3. The van der Waals surface area contributed by atoms with E-state index in [-0.39, 0.29) is 30.5 Å². The van der Waals surface area contributed by atoms with Crippen molar-refractivity contribution in [3.8, 4) is 0 Å². The molecule has 7 atom stereocenters. The number of esters is 1. The second kappa shape index (κ2) is 18.8. The van der Waals surface area contributed by atoms with Gasteiger partial charge in [-0.2, -0.15) is 0 Å². The lowest BCUT2D eigenvalue weighted by molar-refractivity contribution is -0.157. The summed E-state index contributed by atoms with van der Waals surface area (Å²) in [6.07, 6.45) is 3.78. The summed E-state index contributed by atoms with van der Waals surface area (Å²) in [5.74, 6) is -2.34. The molecule has 0 radical (unpaired) electrons. The first-order chi connectivity index (χ1) is 26.6. The van der Waals surface area contributed by atoms with Gasteiger partial charge >= 0.3 is 5.97 Å². The lowest BCUT2D eigenvalue weighted by Crippen LogP contribution is -2.62. The molecule has 0 unspecified atom stereocenters. The Kier molecular flexibility index (Phi) is 14.2. The number of carbonyl (C=O) groups excluding carboxylic acids is 5. The maximum Gasteiger partial charge on any atom is 0.323 e. The standard InChI is InChI=1S/C43H59N7O6/c1-26(2)38(45)42(55)56-36(25-50-24-30-17-10-9-16-29(30)22-35(50)41(54)49-43(3,4)5)33(21-27-13-7-6-8-14-27)47-40(53)34(23-37(44)51)48-39(52)32-20-19-28-15-11-12-18-31(28)46-32/h6-8,11-15,18-20,26,29-30,33-36,38H,9-10,16-17,21-25,45H2,1-5H3,(H2,44,51)(H,47,53)(H,48,52)(H,49,54)/t29-,30+,33-,34-,35-,36+,38-/m0/s1. The summed E-state index contributed by atoms with van der Waals surface area (Å²) in [5, 5.41) is 9.70. The van der Waals surface area contributed by atoms with Crippen molar-refractivity contribution in [2.75, 3.05) is 13.1 Å². The maximum atomic E-state index is 14.3. The van der Waals surface area contributed by atoms with E-state index in [1.807, 2.05) is 77.1 Å². The number of para-hydroxylation sites is 1. The number of hydrogen-bond donors (Lipinski definition) is 5. The fraction of sp³-hybridized carbons (Fsp3) is 0.535. The number of primary amides is 1. The summed E-state index contributed by atoms with van der Waals surface area (Å²) in [4.78, 5) is 74.4. The van der Waals surface area contributed by atoms with Gasteiger partial charge in [-0.05, 0) is 75.5 Å². The van der Waals surface area contributed by atoms with Crippen molar-refractivity contribution in [3.05, 3.63) is 78.0 Å². The highest BCUT2D eigenvalue weighted by Gasteiger charge is 2.43. The summed E-state index contributed by atoms with van der Waals surface area (Å²) >= 11 is 0. The molecular weight excluding hydrogens is 711 g/mol. The van der Waals surface area contributed by atoms with Crippen LogP contribution in [0, 0.1) is 17.8 Å². The smallest absolute Gasteiger partial charge is 0.323 e. The number of fused-ring (bicyclic) bond motifs is 2. The largest absolute Gasteiger partial charge is 0.458 e. The number of pyridine rings is 1. The molecular formula is C43H59N7O6. The van der Waals surface area contributed by atoms with Crippen LogP contribution in [0.15, 0.2) is 66.7 Å². The van der Waals surface area contributed by atoms with Gasteiger partial charge in [-0.15, -0.1) is 0 Å². The van der Waals surface area contributed by atoms with E-state index < -0.39 is 65.9 Å². The third-order valence-electron chi connectivity index (χ3n) is 10.9. The number of nitrogens with zero attached hydrogens (tertiary/aromatic N) is 2. The SMILES string of the molecule is CC(C)[C@H](N)C(=O)O[C@H](CN1C[C@H]2CCCC[C@H]2C[C@H]1C(=O)NC(C)(C)C)[C@H](Cc1ccccc1)NC(=O)[C@H](CC(N)=O)NC(=O)c1ccc2ccccc2n1. The van der Waals surface area contributed by atoms with Gasteiger partial charge in [0.2, 0.25) is 17.7 Å². The highest BCUT2D eigenvalue weighted by molar-refractivity contribution is 5.99. The number of nitrogens with one attached hydrogen (secondary N) is 3. The zero-order valence-electron chi connectivity index (χ0n) is 33.3. The average molecular weight is 770 g/mol. The van der Waals surface area contributed by atoms with E-state index >= 15 is 0 Å². The second-order valence-electron chi connectivity index (χ2n) is 16.9. The van der Waals surface area contributed by atoms with Crippen LogP contribution in [0.2, 0.25) is 0 Å². The quantitative estimate of drug-likeness (QED) is 0.143. The Morgan fingerprint density at radius 1 is 0.911 bits per heavy atom. The number of nitrogens with two attached hydrogens (primary N) is 2. The summed E-state index contributed by atoms with van der Waals surface area (Å²) < 4.78 is 6.29. The van der Waals surface area contributed by atoms with Crippen molar-refractivity contribution in [2.45, 2.75) is 115 Å². The molecule has 2 fully saturated rings. The molecule has 0 bridgehead atoms. The Morgan fingerprint density at radius 3 is 2.27 bits per heavy atom. The molecule has 302 valence electrons. The van der Waals surface area contributed by atoms with E-state index in [9.17, 15) is 24.0 Å². The van der Waals surface area contributed by atoms with Crippen LogP contribution in [-0.4, -0.2) is 88.4 Å². The van der Waals surface area contributed by atoms with Crippen LogP contribution in [0.5, 0.6) is 0 Å². The topological polar surface area (TPSA) is 199 Å². The molecule has 56 heavy (non-hydrogen) atoms. The number of likely N-dealkylation sites (tertiary alicyclic amines) is 1. The van der Waals surface area contributed by atoms with Gasteiger partial charge in [0.15, 0.2) is 0 Å². The lowest BCUT2D eigenvalue weighted by atomic mass is 9.72. The Balaban J connectivity index is 1.48. The van der Waals surface area contributed by atoms with Gasteiger partial charge in [-0.25, -0.2) is 4.98 Å². The van der Waals surface area contributed by atoms with Gasteiger partial charge in [0.25, 0.3) is 5.91 Å². The first kappa shape index (κ1) is 42.3. The number of amides is 4. The lowest BCUT2D eigenvalue weighted by Gasteiger charge is -2.47. The van der Waals surface area contributed by atoms with Crippen molar-refractivity contribution in [3.63, 3.8) is 0 Å². The highest BCUT2D eigenvalue weighted by Crippen LogP contribution is 2.39. The molecule has 5 rings (SSSR count). The van der Waals surface area contributed by atoms with Crippen molar-refractivity contribution < 1.29 is 28.7 Å². The Bertz CT molecular complexity index is 1850. The third kappa shape index (κ3) is 11.6. The molecule has 1 aliphatic carbocycles. The molecule has 1 saturated heterocycles. The predicted molar refractivity (Wildman–Crippen MR) is 215 cm³/mol. The number of benzene rings is 2. The summed E-state index contributed by atoms with van der Waals surface area (Å²) in [6, 6.07) is 16.4. The van der Waals surface area contributed by atoms with Crippen LogP contribution >= 0.6 is 0 Å². The predicted octanol–water partition coefficient (Wildman–Crippen LogP) is 3.63. The van der Waals surface area contributed by atoms with Crippen LogP contribution < -0.4 is 27.4 Å². The van der Waals surface area contributed by atoms with Crippen molar-refractivity contribution in [1.29, 1.82) is 0 Å². The summed E-state index contributed by atoms with van der Waals surface area (Å²) in [5.41, 5.74) is 13.0. The average Bonchev–Trinajstić information content (AvgIpc) is 3.15. The van der Waals surface area contributed by atoms with E-state index in [1.165, 1.54) is 0 Å². The van der Waals surface area contributed by atoms with Gasteiger partial charge in [-0.3, -0.25) is 28.9 Å². The molecule has 0 spiro atoms. The fourth-order valence-electron chi connectivity index (χ4n) is 7.87. The molecule has 1 aromatic heterocycles. The first-order valence-electron chi connectivity index (χ1n) is 19.9. The molecule has 1 saturated carbocycles. The van der Waals surface area contributed by atoms with Crippen molar-refractivity contribution >= 4 is 40.5 Å². The number of hydrogen-bond acceptors (Lipinski definition) is 9. The van der Waals surface area contributed by atoms with Crippen LogP contribution in [0.25, 0.3) is 10.9 Å². The molecule has 13 heteroatoms. The minimum absolute atomic E-state index is 0.0620. The van der Waals surface area contributed by atoms with Crippen LogP contribution in [0.1, 0.15) is 89.2 Å². The zero-order chi connectivity index (χ0) is 40.6. The molecule has 3 aromatic rings. The van der Waals surface area contributed by atoms with E-state index in [0.29, 0.717) is 30.3 Å². The minimum Gasteiger partial charge on any atom is -0.458 e. The number of rotatable bonds is 15. The van der Waals surface area contributed by atoms with Crippen molar-refractivity contribution in [1.82, 2.24) is 25.8 Å². The molecule has 7 N–H and O–H groups in total. The first-order valence-corrected chi connectivity index (χ1v) is 19.9. The molecule has 13 nitrogen and oxygen atoms in total. The van der Waals surface area contributed by atoms with Gasteiger partial charge in [0.05, 0.1) is 24.0 Å². The molecule has 2 aromatic carbocycles. The number of aromatic nitrogens is 1. The van der Waals surface area contributed by atoms with E-state index in [1.54, 1.807) is 24.3 Å². The van der Waals surface area contributed by atoms with Gasteiger partial charge in [0, 0.05) is 24.0 Å². The van der Waals surface area contributed by atoms with Crippen LogP contribution in [0.3, 0.4) is 0 Å². The molecule has 4 amide bonds. The van der Waals surface area contributed by atoms with E-state index in [0.717, 1.165) is 36.6 Å². The normalized spacial score (nSPS) is 20.9. The van der Waals surface area contributed by atoms with E-state index in [4.69, 9.17) is 16.2 Å². The number of ether oxygens (including phenoxy) is 1. The molecule has 2 aliphatic rings. The molecule has 1 aliphatic heterocycles. The summed E-state index contributed by atoms with van der Waals surface area (Å²) in [7, 11) is 0. The minimum atomic E-state index is -1.37. The Labute approximate surface area is 330 Å². The van der Waals surface area contributed by atoms with Gasteiger partial charge in [-0.1, -0.05) is 87.7 Å². The van der Waals surface area contributed by atoms with Crippen molar-refractivity contribution in [2.24, 2.45) is 29.2 Å². The number of carbonyl (C=O) groups is 5. The second-order valence-corrected chi connectivity index (χ2v) is 16.9. The maximum absolute atomic E-state index is 14.3. The third-order valence-corrected chi connectivity index (χ3v) is 10.9.